The van der Waals surface area contributed by atoms with Crippen LogP contribution in [0.1, 0.15) is 84.2 Å². The van der Waals surface area contributed by atoms with E-state index in [0.29, 0.717) is 5.92 Å². The summed E-state index contributed by atoms with van der Waals surface area (Å²) in [7, 11) is 0. The van der Waals surface area contributed by atoms with Gasteiger partial charge < -0.3 is 4.90 Å². The van der Waals surface area contributed by atoms with E-state index in [9.17, 15) is 0 Å². The van der Waals surface area contributed by atoms with Gasteiger partial charge in [0.1, 0.15) is 0 Å². The van der Waals surface area contributed by atoms with E-state index in [1.807, 2.05) is 0 Å². The monoisotopic (exact) mass is 373 g/mol. The Bertz CT molecular complexity index is 833. The van der Waals surface area contributed by atoms with Crippen LogP contribution in [0.2, 0.25) is 0 Å². The van der Waals surface area contributed by atoms with Crippen LogP contribution in [0, 0.1) is 13.8 Å². The Hall–Kier alpha value is -2.02. The minimum atomic E-state index is 0.693. The molecular weight excluding hydrogens is 338 g/mol. The van der Waals surface area contributed by atoms with Crippen LogP contribution in [0.25, 0.3) is 5.70 Å². The first-order valence-corrected chi connectivity index (χ1v) is 11.2. The number of likely N-dealkylation sites (tertiary alicyclic amines) is 1. The maximum atomic E-state index is 4.53. The largest absolute Gasteiger partial charge is 0.371 e. The predicted molar refractivity (Wildman–Crippen MR) is 121 cm³/mol. The summed E-state index contributed by atoms with van der Waals surface area (Å²) in [6.07, 6.45) is 7.72. The van der Waals surface area contributed by atoms with Crippen LogP contribution in [-0.2, 0) is 6.42 Å². The van der Waals surface area contributed by atoms with Gasteiger partial charge in [-0.25, -0.2) is 0 Å². The third kappa shape index (κ3) is 3.77. The molecule has 1 nitrogen and oxygen atoms in total. The van der Waals surface area contributed by atoms with Crippen molar-refractivity contribution < 1.29 is 0 Å². The fourth-order valence-corrected chi connectivity index (χ4v) is 4.98. The zero-order valence-corrected chi connectivity index (χ0v) is 17.9. The molecule has 2 aliphatic rings. The van der Waals surface area contributed by atoms with Crippen LogP contribution in [0.15, 0.2) is 43.0 Å². The third-order valence-corrected chi connectivity index (χ3v) is 7.15. The average Bonchev–Trinajstić information content (AvgIpc) is 2.67. The SMILES string of the molecule is C=C(c1cc(CC)c(C2CCC2)cc1C)N1CCC(c2ccc(C)cc2)CC1. The Morgan fingerprint density at radius 2 is 1.64 bits per heavy atom. The van der Waals surface area contributed by atoms with Crippen molar-refractivity contribution in [3.05, 3.63) is 76.4 Å². The summed E-state index contributed by atoms with van der Waals surface area (Å²) in [5.41, 5.74) is 10.0. The van der Waals surface area contributed by atoms with Crippen LogP contribution >= 0.6 is 0 Å². The second-order valence-electron chi connectivity index (χ2n) is 8.97. The molecule has 1 heteroatoms. The van der Waals surface area contributed by atoms with Crippen LogP contribution in [-0.4, -0.2) is 18.0 Å². The zero-order chi connectivity index (χ0) is 19.7. The van der Waals surface area contributed by atoms with Gasteiger partial charge in [0.2, 0.25) is 0 Å². The molecule has 0 N–H and O–H groups in total. The van der Waals surface area contributed by atoms with Crippen molar-refractivity contribution in [1.82, 2.24) is 4.90 Å². The second-order valence-corrected chi connectivity index (χ2v) is 8.97. The lowest BCUT2D eigenvalue weighted by Gasteiger charge is -2.36. The molecule has 0 radical (unpaired) electrons. The molecule has 2 aromatic rings. The van der Waals surface area contributed by atoms with Gasteiger partial charge in [-0.15, -0.1) is 0 Å². The Labute approximate surface area is 171 Å². The smallest absolute Gasteiger partial charge is 0.0369 e. The van der Waals surface area contributed by atoms with E-state index in [0.717, 1.165) is 25.4 Å². The molecule has 2 aromatic carbocycles. The van der Waals surface area contributed by atoms with Crippen molar-refractivity contribution in [2.45, 2.75) is 71.1 Å². The lowest BCUT2D eigenvalue weighted by molar-refractivity contribution is 0.299. The minimum Gasteiger partial charge on any atom is -0.371 e. The predicted octanol–water partition coefficient (Wildman–Crippen LogP) is 6.98. The van der Waals surface area contributed by atoms with E-state index < -0.39 is 0 Å². The molecule has 148 valence electrons. The van der Waals surface area contributed by atoms with Crippen molar-refractivity contribution >= 4 is 5.70 Å². The molecule has 1 saturated carbocycles. The van der Waals surface area contributed by atoms with Gasteiger partial charge in [-0.1, -0.05) is 55.8 Å². The summed E-state index contributed by atoms with van der Waals surface area (Å²) < 4.78 is 0. The average molecular weight is 374 g/mol. The molecule has 1 saturated heterocycles. The highest BCUT2D eigenvalue weighted by atomic mass is 15.1. The van der Waals surface area contributed by atoms with Gasteiger partial charge in [-0.3, -0.25) is 0 Å². The van der Waals surface area contributed by atoms with Crippen LogP contribution in [0.4, 0.5) is 0 Å². The van der Waals surface area contributed by atoms with E-state index in [-0.39, 0.29) is 0 Å². The number of nitrogens with zero attached hydrogens (tertiary/aromatic N) is 1. The second kappa shape index (κ2) is 8.15. The summed E-state index contributed by atoms with van der Waals surface area (Å²) in [6, 6.07) is 14.1. The summed E-state index contributed by atoms with van der Waals surface area (Å²) in [6.45, 7) is 13.5. The van der Waals surface area contributed by atoms with Gasteiger partial charge in [0.05, 0.1) is 0 Å². The Morgan fingerprint density at radius 1 is 0.964 bits per heavy atom. The Morgan fingerprint density at radius 3 is 2.21 bits per heavy atom. The Kier molecular flexibility index (Phi) is 5.62. The van der Waals surface area contributed by atoms with Crippen molar-refractivity contribution in [2.75, 3.05) is 13.1 Å². The number of hydrogen-bond donors (Lipinski definition) is 0. The maximum Gasteiger partial charge on any atom is 0.0369 e. The minimum absolute atomic E-state index is 0.693. The quantitative estimate of drug-likeness (QED) is 0.546. The van der Waals surface area contributed by atoms with E-state index >= 15 is 0 Å². The summed E-state index contributed by atoms with van der Waals surface area (Å²) >= 11 is 0. The lowest BCUT2D eigenvalue weighted by Crippen LogP contribution is -2.31. The van der Waals surface area contributed by atoms with E-state index in [1.165, 1.54) is 60.1 Å². The first kappa shape index (κ1) is 19.3. The zero-order valence-electron chi connectivity index (χ0n) is 17.9. The number of rotatable bonds is 5. The number of piperidine rings is 1. The van der Waals surface area contributed by atoms with Gasteiger partial charge in [-0.05, 0) is 86.1 Å². The molecule has 0 unspecified atom stereocenters. The molecule has 1 heterocycles. The van der Waals surface area contributed by atoms with E-state index in [1.54, 1.807) is 11.1 Å². The topological polar surface area (TPSA) is 3.24 Å². The number of hydrogen-bond acceptors (Lipinski definition) is 1. The van der Waals surface area contributed by atoms with E-state index in [4.69, 9.17) is 0 Å². The fraction of sp³-hybridized carbons (Fsp3) is 0.481. The van der Waals surface area contributed by atoms with Gasteiger partial charge in [-0.2, -0.15) is 0 Å². The van der Waals surface area contributed by atoms with Gasteiger partial charge >= 0.3 is 0 Å². The number of benzene rings is 2. The first-order valence-electron chi connectivity index (χ1n) is 11.2. The highest BCUT2D eigenvalue weighted by Gasteiger charge is 2.25. The molecule has 28 heavy (non-hydrogen) atoms. The van der Waals surface area contributed by atoms with Crippen molar-refractivity contribution in [1.29, 1.82) is 0 Å². The summed E-state index contributed by atoms with van der Waals surface area (Å²) in [5.74, 6) is 1.50. The first-order chi connectivity index (χ1) is 13.6. The molecule has 0 bridgehead atoms. The van der Waals surface area contributed by atoms with Gasteiger partial charge in [0.25, 0.3) is 0 Å². The molecule has 0 spiro atoms. The standard InChI is InChI=1S/C27H35N/c1-5-22-18-26(20(3)17-27(22)25-7-6-8-25)21(4)28-15-13-24(14-16-28)23-11-9-19(2)10-12-23/h9-12,17-18,24-25H,4-8,13-16H2,1-3H3. The van der Waals surface area contributed by atoms with Gasteiger partial charge in [0.15, 0.2) is 0 Å². The van der Waals surface area contributed by atoms with Crippen molar-refractivity contribution in [3.63, 3.8) is 0 Å². The van der Waals surface area contributed by atoms with Crippen molar-refractivity contribution in [2.24, 2.45) is 0 Å². The highest BCUT2D eigenvalue weighted by molar-refractivity contribution is 5.67. The Balaban J connectivity index is 1.47. The van der Waals surface area contributed by atoms with Crippen molar-refractivity contribution in [3.8, 4) is 0 Å². The van der Waals surface area contributed by atoms with Crippen LogP contribution in [0.5, 0.6) is 0 Å². The molecule has 1 aliphatic carbocycles. The number of aryl methyl sites for hydroxylation is 3. The molecule has 1 aliphatic heterocycles. The molecule has 0 atom stereocenters. The maximum absolute atomic E-state index is 4.53. The van der Waals surface area contributed by atoms with Crippen LogP contribution in [0.3, 0.4) is 0 Å². The third-order valence-electron chi connectivity index (χ3n) is 7.15. The van der Waals surface area contributed by atoms with Crippen LogP contribution < -0.4 is 0 Å². The lowest BCUT2D eigenvalue weighted by atomic mass is 9.76. The molecule has 0 amide bonds. The molecule has 2 fully saturated rings. The van der Waals surface area contributed by atoms with E-state index in [2.05, 4.69) is 68.6 Å². The van der Waals surface area contributed by atoms with Gasteiger partial charge in [0, 0.05) is 24.4 Å². The summed E-state index contributed by atoms with van der Waals surface area (Å²) in [4.78, 5) is 2.52. The summed E-state index contributed by atoms with van der Waals surface area (Å²) in [5, 5.41) is 0. The molecule has 0 aromatic heterocycles. The molecular formula is C27H35N. The fourth-order valence-electron chi connectivity index (χ4n) is 4.98. The highest BCUT2D eigenvalue weighted by Crippen LogP contribution is 2.40. The normalized spacial score (nSPS) is 18.2. The molecule has 4 rings (SSSR count).